The Kier molecular flexibility index (Phi) is 9.15. The van der Waals surface area contributed by atoms with Gasteiger partial charge in [-0.2, -0.15) is 0 Å². The van der Waals surface area contributed by atoms with Crippen LogP contribution in [0.5, 0.6) is 23.1 Å². The number of hydrogen-bond acceptors (Lipinski definition) is 9. The number of carbonyl (C=O) groups excluding carboxylic acids is 1. The van der Waals surface area contributed by atoms with Crippen molar-refractivity contribution >= 4 is 28.5 Å². The summed E-state index contributed by atoms with van der Waals surface area (Å²) < 4.78 is 21.4. The minimum absolute atomic E-state index is 0.359. The largest absolute Gasteiger partial charge is 0.493 e. The van der Waals surface area contributed by atoms with Crippen molar-refractivity contribution in [3.63, 3.8) is 0 Å². The third-order valence-corrected chi connectivity index (χ3v) is 6.57. The molecule has 0 aliphatic heterocycles. The number of allylic oxidation sites excluding steroid dienone is 3. The monoisotopic (exact) mass is 558 g/mol. The van der Waals surface area contributed by atoms with Crippen molar-refractivity contribution in [2.75, 3.05) is 44.8 Å². The first kappa shape index (κ1) is 29.0. The number of pyridine rings is 1. The van der Waals surface area contributed by atoms with Gasteiger partial charge in [-0.1, -0.05) is 18.7 Å². The minimum Gasteiger partial charge on any atom is -0.493 e. The standard InChI is InChI=1S/C31H34N4O6/c1-18(13-21-14-19(9-11-26(21)36)23-7-6-12-33-31(23)41-5)34-25-10-8-20(15-24(25)32)30(37)35-22-16-27(38-2)29(40-4)28(17-22)39-3/h6-10,12,14-17,26,34,36H,1,11,13,32H2,2-5H3,(H,35,37). The van der Waals surface area contributed by atoms with Crippen molar-refractivity contribution in [2.45, 2.75) is 18.9 Å². The molecule has 4 rings (SSSR count). The number of aliphatic hydroxyl groups excluding tert-OH is 1. The summed E-state index contributed by atoms with van der Waals surface area (Å²) in [6.45, 7) is 4.12. The van der Waals surface area contributed by atoms with E-state index < -0.39 is 6.10 Å². The summed E-state index contributed by atoms with van der Waals surface area (Å²) in [6, 6.07) is 12.0. The zero-order valence-corrected chi connectivity index (χ0v) is 23.5. The fourth-order valence-corrected chi connectivity index (χ4v) is 4.53. The van der Waals surface area contributed by atoms with Crippen molar-refractivity contribution < 1.29 is 28.8 Å². The first-order valence-corrected chi connectivity index (χ1v) is 12.8. The Bertz CT molecular complexity index is 1490. The lowest BCUT2D eigenvalue weighted by Gasteiger charge is -2.22. The number of amides is 1. The molecule has 10 heteroatoms. The number of hydrogen-bond donors (Lipinski definition) is 4. The number of methoxy groups -OCH3 is 4. The van der Waals surface area contributed by atoms with Gasteiger partial charge in [0.1, 0.15) is 0 Å². The molecule has 0 saturated heterocycles. The Morgan fingerprint density at radius 3 is 2.41 bits per heavy atom. The maximum atomic E-state index is 13.0. The molecule has 1 aliphatic rings. The summed E-state index contributed by atoms with van der Waals surface area (Å²) in [5.74, 6) is 1.41. The van der Waals surface area contributed by atoms with Crippen LogP contribution in [0.25, 0.3) is 5.57 Å². The number of benzene rings is 2. The van der Waals surface area contributed by atoms with Crippen LogP contribution in [0.4, 0.5) is 17.1 Å². The summed E-state index contributed by atoms with van der Waals surface area (Å²) >= 11 is 0. The van der Waals surface area contributed by atoms with Gasteiger partial charge in [0.2, 0.25) is 11.6 Å². The Labute approximate surface area is 239 Å². The zero-order chi connectivity index (χ0) is 29.5. The number of aromatic nitrogens is 1. The number of nitrogens with two attached hydrogens (primary N) is 1. The van der Waals surface area contributed by atoms with Gasteiger partial charge in [-0.15, -0.1) is 0 Å². The van der Waals surface area contributed by atoms with Gasteiger partial charge in [0.25, 0.3) is 5.91 Å². The average molecular weight is 559 g/mol. The van der Waals surface area contributed by atoms with Gasteiger partial charge in [0.15, 0.2) is 11.5 Å². The van der Waals surface area contributed by atoms with Crippen LogP contribution in [0.15, 0.2) is 78.7 Å². The van der Waals surface area contributed by atoms with Crippen LogP contribution >= 0.6 is 0 Å². The zero-order valence-electron chi connectivity index (χ0n) is 23.5. The molecule has 0 fully saturated rings. The number of nitrogen functional groups attached to an aromatic ring is 1. The van der Waals surface area contributed by atoms with E-state index in [2.05, 4.69) is 22.2 Å². The van der Waals surface area contributed by atoms with Gasteiger partial charge in [0.05, 0.1) is 45.9 Å². The van der Waals surface area contributed by atoms with Gasteiger partial charge in [-0.25, -0.2) is 4.98 Å². The second-order valence-corrected chi connectivity index (χ2v) is 9.27. The van der Waals surface area contributed by atoms with Gasteiger partial charge in [-0.3, -0.25) is 4.79 Å². The Hall–Kier alpha value is -4.96. The fraction of sp³-hybridized carbons (Fsp3) is 0.226. The molecule has 3 aromatic rings. The molecule has 2 aromatic carbocycles. The van der Waals surface area contributed by atoms with Crippen LogP contribution < -0.4 is 35.3 Å². The number of carbonyl (C=O) groups is 1. The third-order valence-electron chi connectivity index (χ3n) is 6.57. The van der Waals surface area contributed by atoms with Gasteiger partial charge in [0, 0.05) is 47.3 Å². The van der Waals surface area contributed by atoms with E-state index >= 15 is 0 Å². The van der Waals surface area contributed by atoms with Crippen LogP contribution in [-0.2, 0) is 0 Å². The van der Waals surface area contributed by atoms with Gasteiger partial charge >= 0.3 is 0 Å². The fourth-order valence-electron chi connectivity index (χ4n) is 4.53. The highest BCUT2D eigenvalue weighted by Gasteiger charge is 2.20. The van der Waals surface area contributed by atoms with Crippen LogP contribution in [0, 0.1) is 0 Å². The van der Waals surface area contributed by atoms with Gasteiger partial charge in [-0.05, 0) is 47.9 Å². The average Bonchev–Trinajstić information content (AvgIpc) is 2.98. The Morgan fingerprint density at radius 1 is 1.05 bits per heavy atom. The topological polar surface area (TPSA) is 137 Å². The molecule has 41 heavy (non-hydrogen) atoms. The van der Waals surface area contributed by atoms with E-state index in [0.29, 0.717) is 64.3 Å². The lowest BCUT2D eigenvalue weighted by Crippen LogP contribution is -2.16. The molecular weight excluding hydrogens is 524 g/mol. The summed E-state index contributed by atoms with van der Waals surface area (Å²) in [4.78, 5) is 17.2. The van der Waals surface area contributed by atoms with Crippen LogP contribution in [0.2, 0.25) is 0 Å². The molecule has 0 spiro atoms. The Balaban J connectivity index is 1.44. The molecule has 0 radical (unpaired) electrons. The van der Waals surface area contributed by atoms with E-state index in [-0.39, 0.29) is 5.91 Å². The third kappa shape index (κ3) is 6.62. The first-order valence-electron chi connectivity index (χ1n) is 12.8. The number of anilines is 3. The number of rotatable bonds is 11. The van der Waals surface area contributed by atoms with Gasteiger partial charge < -0.3 is 40.4 Å². The highest BCUT2D eigenvalue weighted by Crippen LogP contribution is 2.40. The van der Waals surface area contributed by atoms with E-state index in [1.54, 1.807) is 43.6 Å². The number of aliphatic hydroxyl groups is 1. The van der Waals surface area contributed by atoms with Crippen LogP contribution in [0.1, 0.15) is 28.8 Å². The number of nitrogens with zero attached hydrogens (tertiary/aromatic N) is 1. The first-order chi connectivity index (χ1) is 19.8. The maximum absolute atomic E-state index is 13.0. The molecule has 214 valence electrons. The summed E-state index contributed by atoms with van der Waals surface area (Å²) in [6.07, 6.45) is 5.78. The van der Waals surface area contributed by atoms with Crippen molar-refractivity contribution in [3.05, 3.63) is 89.8 Å². The molecule has 0 bridgehead atoms. The highest BCUT2D eigenvalue weighted by molar-refractivity contribution is 6.05. The molecule has 1 atom stereocenters. The predicted octanol–water partition coefficient (Wildman–Crippen LogP) is 5.04. The van der Waals surface area contributed by atoms with Crippen molar-refractivity contribution in [3.8, 4) is 23.1 Å². The molecular formula is C31H34N4O6. The normalized spacial score (nSPS) is 14.3. The van der Waals surface area contributed by atoms with E-state index in [4.69, 9.17) is 24.7 Å². The second kappa shape index (κ2) is 12.9. The number of nitrogens with one attached hydrogen (secondary N) is 2. The highest BCUT2D eigenvalue weighted by atomic mass is 16.5. The Morgan fingerprint density at radius 2 is 1.78 bits per heavy atom. The van der Waals surface area contributed by atoms with Crippen LogP contribution in [-0.4, -0.2) is 50.5 Å². The minimum atomic E-state index is -0.640. The van der Waals surface area contributed by atoms with Crippen molar-refractivity contribution in [1.82, 2.24) is 4.98 Å². The summed E-state index contributed by atoms with van der Waals surface area (Å²) in [5.41, 5.74) is 11.3. The second-order valence-electron chi connectivity index (χ2n) is 9.27. The number of ether oxygens (including phenoxy) is 4. The molecule has 1 amide bonds. The molecule has 5 N–H and O–H groups in total. The predicted molar refractivity (Wildman–Crippen MR) is 160 cm³/mol. The molecule has 1 aromatic heterocycles. The molecule has 1 unspecified atom stereocenters. The summed E-state index contributed by atoms with van der Waals surface area (Å²) in [7, 11) is 6.09. The van der Waals surface area contributed by atoms with E-state index in [1.165, 1.54) is 21.3 Å². The SMILES string of the molecule is C=C(CC1=CC(c2cccnc2OC)=CCC1O)Nc1ccc(C(=O)Nc2cc(OC)c(OC)c(OC)c2)cc1N. The molecule has 1 aliphatic carbocycles. The van der Waals surface area contributed by atoms with Crippen LogP contribution in [0.3, 0.4) is 0 Å². The smallest absolute Gasteiger partial charge is 0.255 e. The lowest BCUT2D eigenvalue weighted by atomic mass is 9.90. The van der Waals surface area contributed by atoms with E-state index in [9.17, 15) is 9.90 Å². The molecule has 0 saturated carbocycles. The maximum Gasteiger partial charge on any atom is 0.255 e. The van der Waals surface area contributed by atoms with Crippen molar-refractivity contribution in [1.29, 1.82) is 0 Å². The molecule has 10 nitrogen and oxygen atoms in total. The summed E-state index contributed by atoms with van der Waals surface area (Å²) in [5, 5.41) is 16.7. The van der Waals surface area contributed by atoms with Crippen molar-refractivity contribution in [2.24, 2.45) is 0 Å². The quantitative estimate of drug-likeness (QED) is 0.239. The van der Waals surface area contributed by atoms with E-state index in [0.717, 1.165) is 16.7 Å². The van der Waals surface area contributed by atoms with E-state index in [1.807, 2.05) is 24.3 Å². The lowest BCUT2D eigenvalue weighted by molar-refractivity contribution is 0.102. The molecule has 1 heterocycles.